The van der Waals surface area contributed by atoms with Crippen molar-refractivity contribution >= 4 is 5.91 Å². The second-order valence-corrected chi connectivity index (χ2v) is 5.76. The summed E-state index contributed by atoms with van der Waals surface area (Å²) in [6.07, 6.45) is 0.903. The molecule has 4 nitrogen and oxygen atoms in total. The molecule has 114 valence electrons. The lowest BCUT2D eigenvalue weighted by Crippen LogP contribution is -2.53. The van der Waals surface area contributed by atoms with Gasteiger partial charge in [0.25, 0.3) is 5.92 Å². The molecule has 2 aliphatic heterocycles. The van der Waals surface area contributed by atoms with Crippen molar-refractivity contribution < 1.29 is 18.7 Å². The summed E-state index contributed by atoms with van der Waals surface area (Å²) in [4.78, 5) is 13.2. The molecule has 2 saturated heterocycles. The minimum Gasteiger partial charge on any atom is -0.508 e. The van der Waals surface area contributed by atoms with E-state index in [1.165, 1.54) is 12.1 Å². The van der Waals surface area contributed by atoms with Gasteiger partial charge in [0.2, 0.25) is 5.91 Å². The van der Waals surface area contributed by atoms with E-state index in [2.05, 4.69) is 5.32 Å². The first kappa shape index (κ1) is 14.3. The van der Waals surface area contributed by atoms with Crippen LogP contribution in [0.1, 0.15) is 24.3 Å². The Kier molecular flexibility index (Phi) is 3.57. The molecule has 2 aliphatic rings. The van der Waals surface area contributed by atoms with Crippen molar-refractivity contribution in [3.8, 4) is 5.75 Å². The third-order valence-corrected chi connectivity index (χ3v) is 4.38. The summed E-state index contributed by atoms with van der Waals surface area (Å²) in [7, 11) is 0. The molecule has 2 atom stereocenters. The fourth-order valence-corrected chi connectivity index (χ4v) is 3.28. The minimum atomic E-state index is -2.88. The SMILES string of the molecule is O=C1NCCC1N1CCC(c2ccc(O)cc2)C(F)(F)C1. The van der Waals surface area contributed by atoms with Crippen LogP contribution in [0.3, 0.4) is 0 Å². The van der Waals surface area contributed by atoms with Gasteiger partial charge in [-0.2, -0.15) is 0 Å². The molecule has 3 rings (SSSR count). The zero-order valence-electron chi connectivity index (χ0n) is 11.6. The second-order valence-electron chi connectivity index (χ2n) is 5.76. The first-order valence-electron chi connectivity index (χ1n) is 7.16. The molecular weight excluding hydrogens is 278 g/mol. The summed E-state index contributed by atoms with van der Waals surface area (Å²) in [6.45, 7) is 0.656. The quantitative estimate of drug-likeness (QED) is 0.873. The predicted octanol–water partition coefficient (Wildman–Crippen LogP) is 1.71. The molecule has 2 N–H and O–H groups in total. The Morgan fingerprint density at radius 1 is 1.24 bits per heavy atom. The number of hydrogen-bond donors (Lipinski definition) is 2. The van der Waals surface area contributed by atoms with Crippen molar-refractivity contribution in [2.24, 2.45) is 0 Å². The normalized spacial score (nSPS) is 29.3. The van der Waals surface area contributed by atoms with Crippen LogP contribution in [-0.2, 0) is 4.79 Å². The highest BCUT2D eigenvalue weighted by Crippen LogP contribution is 2.41. The first-order valence-corrected chi connectivity index (χ1v) is 7.16. The number of hydrogen-bond acceptors (Lipinski definition) is 3. The van der Waals surface area contributed by atoms with Crippen LogP contribution in [0.4, 0.5) is 8.78 Å². The van der Waals surface area contributed by atoms with Gasteiger partial charge in [0.1, 0.15) is 5.75 Å². The van der Waals surface area contributed by atoms with Crippen LogP contribution in [0.5, 0.6) is 5.75 Å². The van der Waals surface area contributed by atoms with E-state index in [-0.39, 0.29) is 11.7 Å². The standard InChI is InChI=1S/C15H18F2N2O2/c16-15(17)9-19(13-5-7-18-14(13)21)8-6-12(15)10-1-3-11(20)4-2-10/h1-4,12-13,20H,5-9H2,(H,18,21). The number of amides is 1. The van der Waals surface area contributed by atoms with Gasteiger partial charge in [-0.1, -0.05) is 12.1 Å². The van der Waals surface area contributed by atoms with Gasteiger partial charge >= 0.3 is 0 Å². The summed E-state index contributed by atoms with van der Waals surface area (Å²) in [5, 5.41) is 11.9. The molecule has 0 aromatic heterocycles. The van der Waals surface area contributed by atoms with Crippen molar-refractivity contribution in [2.45, 2.75) is 30.7 Å². The summed E-state index contributed by atoms with van der Waals surface area (Å²) >= 11 is 0. The van der Waals surface area contributed by atoms with E-state index in [0.717, 1.165) is 0 Å². The number of aromatic hydroxyl groups is 1. The predicted molar refractivity (Wildman–Crippen MR) is 73.4 cm³/mol. The summed E-state index contributed by atoms with van der Waals surface area (Å²) in [6, 6.07) is 5.54. The molecule has 1 aromatic carbocycles. The number of nitrogens with one attached hydrogen (secondary N) is 1. The fourth-order valence-electron chi connectivity index (χ4n) is 3.28. The maximum Gasteiger partial charge on any atom is 0.267 e. The molecule has 1 amide bonds. The van der Waals surface area contributed by atoms with E-state index in [1.807, 2.05) is 0 Å². The molecule has 1 aromatic rings. The maximum atomic E-state index is 14.4. The van der Waals surface area contributed by atoms with Crippen LogP contribution in [0.25, 0.3) is 0 Å². The largest absolute Gasteiger partial charge is 0.508 e. The molecule has 0 saturated carbocycles. The monoisotopic (exact) mass is 296 g/mol. The Morgan fingerprint density at radius 3 is 2.52 bits per heavy atom. The molecule has 6 heteroatoms. The maximum absolute atomic E-state index is 14.4. The van der Waals surface area contributed by atoms with E-state index in [9.17, 15) is 18.7 Å². The number of rotatable bonds is 2. The molecule has 2 heterocycles. The highest BCUT2D eigenvalue weighted by molar-refractivity contribution is 5.83. The van der Waals surface area contributed by atoms with Crippen molar-refractivity contribution in [3.05, 3.63) is 29.8 Å². The third kappa shape index (κ3) is 2.72. The summed E-state index contributed by atoms with van der Waals surface area (Å²) in [5.74, 6) is -3.81. The van der Waals surface area contributed by atoms with Crippen LogP contribution in [0, 0.1) is 0 Å². The Labute approximate surface area is 121 Å². The molecule has 0 bridgehead atoms. The van der Waals surface area contributed by atoms with Crippen molar-refractivity contribution in [3.63, 3.8) is 0 Å². The van der Waals surface area contributed by atoms with Gasteiger partial charge in [-0.15, -0.1) is 0 Å². The zero-order chi connectivity index (χ0) is 15.0. The van der Waals surface area contributed by atoms with E-state index < -0.39 is 24.4 Å². The lowest BCUT2D eigenvalue weighted by atomic mass is 9.85. The van der Waals surface area contributed by atoms with Gasteiger partial charge in [0.15, 0.2) is 0 Å². The van der Waals surface area contributed by atoms with Gasteiger partial charge in [-0.05, 0) is 37.1 Å². The average Bonchev–Trinajstić information content (AvgIpc) is 2.85. The van der Waals surface area contributed by atoms with Crippen LogP contribution in [-0.4, -0.2) is 47.5 Å². The van der Waals surface area contributed by atoms with E-state index in [0.29, 0.717) is 31.5 Å². The number of phenolic OH excluding ortho intramolecular Hbond substituents is 1. The van der Waals surface area contributed by atoms with Crippen molar-refractivity contribution in [1.29, 1.82) is 0 Å². The lowest BCUT2D eigenvalue weighted by Gasteiger charge is -2.40. The van der Waals surface area contributed by atoms with E-state index >= 15 is 0 Å². The zero-order valence-corrected chi connectivity index (χ0v) is 11.6. The van der Waals surface area contributed by atoms with Gasteiger partial charge in [-0.3, -0.25) is 9.69 Å². The van der Waals surface area contributed by atoms with E-state index in [1.54, 1.807) is 17.0 Å². The number of carbonyl (C=O) groups excluding carboxylic acids is 1. The number of carbonyl (C=O) groups is 1. The Morgan fingerprint density at radius 2 is 1.95 bits per heavy atom. The Balaban J connectivity index is 1.75. The smallest absolute Gasteiger partial charge is 0.267 e. The molecule has 0 radical (unpaired) electrons. The van der Waals surface area contributed by atoms with Gasteiger partial charge in [0.05, 0.1) is 18.5 Å². The molecule has 0 aliphatic carbocycles. The van der Waals surface area contributed by atoms with Crippen molar-refractivity contribution in [2.75, 3.05) is 19.6 Å². The average molecular weight is 296 g/mol. The highest BCUT2D eigenvalue weighted by Gasteiger charge is 2.48. The second kappa shape index (κ2) is 5.26. The number of nitrogens with zero attached hydrogens (tertiary/aromatic N) is 1. The van der Waals surface area contributed by atoms with Crippen LogP contribution >= 0.6 is 0 Å². The molecule has 2 unspecified atom stereocenters. The fraction of sp³-hybridized carbons (Fsp3) is 0.533. The highest BCUT2D eigenvalue weighted by atomic mass is 19.3. The number of alkyl halides is 2. The summed E-state index contributed by atoms with van der Waals surface area (Å²) in [5.41, 5.74) is 0.535. The molecular formula is C15H18F2N2O2. The van der Waals surface area contributed by atoms with Gasteiger partial charge < -0.3 is 10.4 Å². The Hall–Kier alpha value is -1.69. The molecule has 2 fully saturated rings. The van der Waals surface area contributed by atoms with Gasteiger partial charge in [0, 0.05) is 6.54 Å². The van der Waals surface area contributed by atoms with Crippen LogP contribution in [0.2, 0.25) is 0 Å². The van der Waals surface area contributed by atoms with Crippen molar-refractivity contribution in [1.82, 2.24) is 10.2 Å². The van der Waals surface area contributed by atoms with Crippen LogP contribution in [0.15, 0.2) is 24.3 Å². The van der Waals surface area contributed by atoms with E-state index in [4.69, 9.17) is 0 Å². The number of halogens is 2. The topological polar surface area (TPSA) is 52.6 Å². The first-order chi connectivity index (χ1) is 9.97. The third-order valence-electron chi connectivity index (χ3n) is 4.38. The summed E-state index contributed by atoms with van der Waals surface area (Å²) < 4.78 is 28.9. The Bertz CT molecular complexity index is 533. The lowest BCUT2D eigenvalue weighted by molar-refractivity contribution is -0.130. The number of phenols is 1. The number of piperidine rings is 1. The molecule has 0 spiro atoms. The number of likely N-dealkylation sites (tertiary alicyclic amines) is 1. The minimum absolute atomic E-state index is 0.0714. The number of benzene rings is 1. The molecule has 21 heavy (non-hydrogen) atoms. The van der Waals surface area contributed by atoms with Gasteiger partial charge in [-0.25, -0.2) is 8.78 Å². The van der Waals surface area contributed by atoms with Crippen LogP contribution < -0.4 is 5.32 Å².